The van der Waals surface area contributed by atoms with Crippen molar-refractivity contribution in [3.8, 4) is 11.4 Å². The fourth-order valence-electron chi connectivity index (χ4n) is 2.59. The van der Waals surface area contributed by atoms with Gasteiger partial charge in [0, 0.05) is 5.75 Å². The van der Waals surface area contributed by atoms with E-state index in [2.05, 4.69) is 28.5 Å². The molecule has 3 rings (SSSR count). The Morgan fingerprint density at radius 1 is 1.12 bits per heavy atom. The van der Waals surface area contributed by atoms with Gasteiger partial charge in [0.1, 0.15) is 12.4 Å². The van der Waals surface area contributed by atoms with Crippen LogP contribution in [0.4, 0.5) is 0 Å². The Morgan fingerprint density at radius 3 is 2.69 bits per heavy atom. The van der Waals surface area contributed by atoms with Crippen LogP contribution < -0.4 is 4.74 Å². The Hall–Kier alpha value is -2.38. The zero-order valence-electron chi connectivity index (χ0n) is 15.1. The summed E-state index contributed by atoms with van der Waals surface area (Å²) in [7, 11) is 0. The van der Waals surface area contributed by atoms with Crippen molar-refractivity contribution in [2.75, 3.05) is 12.4 Å². The molecule has 0 aliphatic carbocycles. The number of benzene rings is 2. The van der Waals surface area contributed by atoms with Gasteiger partial charge in [-0.2, -0.15) is 4.68 Å². The van der Waals surface area contributed by atoms with Gasteiger partial charge >= 0.3 is 0 Å². The fourth-order valence-corrected chi connectivity index (χ4v) is 3.38. The summed E-state index contributed by atoms with van der Waals surface area (Å²) in [5, 5.41) is 22.8. The van der Waals surface area contributed by atoms with Gasteiger partial charge in [-0.05, 0) is 54.5 Å². The highest BCUT2D eigenvalue weighted by Crippen LogP contribution is 2.22. The van der Waals surface area contributed by atoms with Crippen LogP contribution in [0.3, 0.4) is 0 Å². The van der Waals surface area contributed by atoms with E-state index in [0.717, 1.165) is 22.6 Å². The number of hydrogen-bond donors (Lipinski definition) is 1. The predicted molar refractivity (Wildman–Crippen MR) is 102 cm³/mol. The number of para-hydroxylation sites is 1. The largest absolute Gasteiger partial charge is 0.491 e. The molecule has 1 heterocycles. The summed E-state index contributed by atoms with van der Waals surface area (Å²) >= 11 is 1.41. The van der Waals surface area contributed by atoms with Crippen LogP contribution in [0.2, 0.25) is 0 Å². The minimum absolute atomic E-state index is 0.225. The molecule has 1 atom stereocenters. The van der Waals surface area contributed by atoms with E-state index in [9.17, 15) is 5.11 Å². The maximum Gasteiger partial charge on any atom is 0.214 e. The molecule has 0 amide bonds. The molecule has 1 N–H and O–H groups in total. The molecule has 2 aromatic carbocycles. The Balaban J connectivity index is 1.60. The van der Waals surface area contributed by atoms with Crippen molar-refractivity contribution in [2.45, 2.75) is 32.0 Å². The van der Waals surface area contributed by atoms with Crippen LogP contribution in [0.1, 0.15) is 16.7 Å². The summed E-state index contributed by atoms with van der Waals surface area (Å²) in [6, 6.07) is 13.9. The lowest BCUT2D eigenvalue weighted by Crippen LogP contribution is -2.20. The molecule has 0 bridgehead atoms. The van der Waals surface area contributed by atoms with E-state index in [1.54, 1.807) is 4.68 Å². The minimum Gasteiger partial charge on any atom is -0.491 e. The van der Waals surface area contributed by atoms with Gasteiger partial charge in [-0.1, -0.05) is 47.7 Å². The first-order valence-corrected chi connectivity index (χ1v) is 9.38. The van der Waals surface area contributed by atoms with Gasteiger partial charge in [-0.15, -0.1) is 5.10 Å². The van der Waals surface area contributed by atoms with E-state index in [-0.39, 0.29) is 6.61 Å². The molecule has 26 heavy (non-hydrogen) atoms. The summed E-state index contributed by atoms with van der Waals surface area (Å²) in [5.41, 5.74) is 4.28. The number of hydrogen-bond acceptors (Lipinski definition) is 6. The summed E-state index contributed by atoms with van der Waals surface area (Å²) in [6.45, 7) is 6.29. The van der Waals surface area contributed by atoms with Crippen LogP contribution in [0.25, 0.3) is 5.69 Å². The van der Waals surface area contributed by atoms with Crippen LogP contribution in [0, 0.1) is 20.8 Å². The SMILES string of the molecule is Cc1ccc(-n2nnnc2SC[C@@H](O)COc2ccccc2C)c(C)c1. The molecular weight excluding hydrogens is 348 g/mol. The van der Waals surface area contributed by atoms with Gasteiger partial charge in [0.2, 0.25) is 5.16 Å². The van der Waals surface area contributed by atoms with Gasteiger partial charge in [0.05, 0.1) is 11.8 Å². The maximum absolute atomic E-state index is 10.2. The molecule has 0 saturated carbocycles. The average molecular weight is 370 g/mol. The average Bonchev–Trinajstić information content (AvgIpc) is 3.07. The van der Waals surface area contributed by atoms with Crippen molar-refractivity contribution >= 4 is 11.8 Å². The first-order chi connectivity index (χ1) is 12.5. The molecular formula is C19H22N4O2S. The first-order valence-electron chi connectivity index (χ1n) is 8.40. The van der Waals surface area contributed by atoms with Gasteiger partial charge in [-0.3, -0.25) is 0 Å². The van der Waals surface area contributed by atoms with Crippen LogP contribution in [-0.4, -0.2) is 43.8 Å². The minimum atomic E-state index is -0.621. The number of aliphatic hydroxyl groups is 1. The molecule has 0 spiro atoms. The molecule has 6 nitrogen and oxygen atoms in total. The van der Waals surface area contributed by atoms with Crippen LogP contribution in [-0.2, 0) is 0 Å². The number of tetrazole rings is 1. The third-order valence-electron chi connectivity index (χ3n) is 3.95. The first kappa shape index (κ1) is 18.4. The molecule has 3 aromatic rings. The number of rotatable bonds is 7. The second kappa shape index (κ2) is 8.33. The molecule has 0 radical (unpaired) electrons. The van der Waals surface area contributed by atoms with Gasteiger partial charge in [0.15, 0.2) is 0 Å². The molecule has 0 saturated heterocycles. The Morgan fingerprint density at radius 2 is 1.92 bits per heavy atom. The second-order valence-corrected chi connectivity index (χ2v) is 7.19. The third-order valence-corrected chi connectivity index (χ3v) is 5.02. The zero-order valence-corrected chi connectivity index (χ0v) is 15.9. The monoisotopic (exact) mass is 370 g/mol. The van der Waals surface area contributed by atoms with E-state index < -0.39 is 6.10 Å². The summed E-state index contributed by atoms with van der Waals surface area (Å²) in [4.78, 5) is 0. The van der Waals surface area contributed by atoms with Crippen molar-refractivity contribution in [2.24, 2.45) is 0 Å². The molecule has 136 valence electrons. The fraction of sp³-hybridized carbons (Fsp3) is 0.316. The normalized spacial score (nSPS) is 12.2. The van der Waals surface area contributed by atoms with Crippen LogP contribution >= 0.6 is 11.8 Å². The number of aromatic nitrogens is 4. The summed E-state index contributed by atoms with van der Waals surface area (Å²) in [5.74, 6) is 1.23. The van der Waals surface area contributed by atoms with Crippen molar-refractivity contribution in [3.63, 3.8) is 0 Å². The number of ether oxygens (including phenoxy) is 1. The van der Waals surface area contributed by atoms with Crippen LogP contribution in [0.15, 0.2) is 47.6 Å². The number of nitrogens with zero attached hydrogens (tertiary/aromatic N) is 4. The smallest absolute Gasteiger partial charge is 0.214 e. The quantitative estimate of drug-likeness (QED) is 0.644. The van der Waals surface area contributed by atoms with Crippen molar-refractivity contribution < 1.29 is 9.84 Å². The topological polar surface area (TPSA) is 73.1 Å². The van der Waals surface area contributed by atoms with Gasteiger partial charge < -0.3 is 9.84 Å². The number of thioether (sulfide) groups is 1. The van der Waals surface area contributed by atoms with E-state index in [4.69, 9.17) is 4.74 Å². The highest BCUT2D eigenvalue weighted by molar-refractivity contribution is 7.99. The Bertz CT molecular complexity index is 881. The lowest BCUT2D eigenvalue weighted by molar-refractivity contribution is 0.126. The highest BCUT2D eigenvalue weighted by atomic mass is 32.2. The lowest BCUT2D eigenvalue weighted by atomic mass is 10.1. The number of aryl methyl sites for hydroxylation is 3. The van der Waals surface area contributed by atoms with E-state index in [0.29, 0.717) is 10.9 Å². The van der Waals surface area contributed by atoms with Crippen molar-refractivity contribution in [1.29, 1.82) is 0 Å². The molecule has 0 aliphatic rings. The van der Waals surface area contributed by atoms with Gasteiger partial charge in [-0.25, -0.2) is 0 Å². The maximum atomic E-state index is 10.2. The molecule has 7 heteroatoms. The molecule has 1 aromatic heterocycles. The standard InChI is InChI=1S/C19H22N4O2S/c1-13-8-9-17(15(3)10-13)23-19(20-21-22-23)26-12-16(24)11-25-18-7-5-4-6-14(18)2/h4-10,16,24H,11-12H2,1-3H3/t16-/m0/s1. The van der Waals surface area contributed by atoms with E-state index in [1.165, 1.54) is 17.3 Å². The van der Waals surface area contributed by atoms with Crippen molar-refractivity contribution in [1.82, 2.24) is 20.2 Å². The Labute approximate surface area is 157 Å². The summed E-state index contributed by atoms with van der Waals surface area (Å²) < 4.78 is 7.40. The van der Waals surface area contributed by atoms with E-state index in [1.807, 2.05) is 50.2 Å². The van der Waals surface area contributed by atoms with E-state index >= 15 is 0 Å². The third kappa shape index (κ3) is 4.42. The van der Waals surface area contributed by atoms with Gasteiger partial charge in [0.25, 0.3) is 0 Å². The van der Waals surface area contributed by atoms with Crippen LogP contribution in [0.5, 0.6) is 5.75 Å². The summed E-state index contributed by atoms with van der Waals surface area (Å²) in [6.07, 6.45) is -0.621. The molecule has 0 unspecified atom stereocenters. The lowest BCUT2D eigenvalue weighted by Gasteiger charge is -2.13. The second-order valence-electron chi connectivity index (χ2n) is 6.20. The molecule has 0 aliphatic heterocycles. The number of aliphatic hydroxyl groups excluding tert-OH is 1. The highest BCUT2D eigenvalue weighted by Gasteiger charge is 2.14. The van der Waals surface area contributed by atoms with Crippen molar-refractivity contribution in [3.05, 3.63) is 59.2 Å². The predicted octanol–water partition coefficient (Wildman–Crippen LogP) is 3.12. The Kier molecular flexibility index (Phi) is 5.90. The zero-order chi connectivity index (χ0) is 18.5. The molecule has 0 fully saturated rings.